The molecular formula is C10H9N3O2S. The molecule has 2 aromatic heterocycles. The average Bonchev–Trinajstić information content (AvgIpc) is 2.79. The molecular weight excluding hydrogens is 226 g/mol. The highest BCUT2D eigenvalue weighted by atomic mass is 32.2. The summed E-state index contributed by atoms with van der Waals surface area (Å²) in [5, 5.41) is 8.27. The second-order valence-electron chi connectivity index (χ2n) is 2.91. The fourth-order valence-corrected chi connectivity index (χ4v) is 1.70. The minimum absolute atomic E-state index is 0.469. The van der Waals surface area contributed by atoms with E-state index in [0.29, 0.717) is 23.3 Å². The van der Waals surface area contributed by atoms with Crippen molar-refractivity contribution in [1.82, 2.24) is 15.2 Å². The van der Waals surface area contributed by atoms with E-state index in [1.54, 1.807) is 24.5 Å². The van der Waals surface area contributed by atoms with E-state index in [4.69, 9.17) is 4.42 Å². The Morgan fingerprint density at radius 1 is 1.31 bits per heavy atom. The second kappa shape index (κ2) is 5.41. The normalized spacial score (nSPS) is 10.2. The number of carbonyl (C=O) groups excluding carboxylic acids is 1. The van der Waals surface area contributed by atoms with Gasteiger partial charge in [0.15, 0.2) is 0 Å². The van der Waals surface area contributed by atoms with Gasteiger partial charge in [0.2, 0.25) is 5.89 Å². The van der Waals surface area contributed by atoms with Crippen molar-refractivity contribution in [3.05, 3.63) is 24.5 Å². The van der Waals surface area contributed by atoms with Gasteiger partial charge in [-0.1, -0.05) is 11.8 Å². The third-order valence-electron chi connectivity index (χ3n) is 1.79. The molecule has 6 heteroatoms. The van der Waals surface area contributed by atoms with Crippen molar-refractivity contribution in [2.24, 2.45) is 0 Å². The van der Waals surface area contributed by atoms with E-state index in [-0.39, 0.29) is 0 Å². The molecule has 0 fully saturated rings. The average molecular weight is 235 g/mol. The molecule has 82 valence electrons. The third kappa shape index (κ3) is 2.66. The number of rotatable bonds is 5. The van der Waals surface area contributed by atoms with Crippen LogP contribution in [0.4, 0.5) is 0 Å². The lowest BCUT2D eigenvalue weighted by atomic mass is 10.3. The molecule has 0 saturated heterocycles. The Hall–Kier alpha value is -1.69. The summed E-state index contributed by atoms with van der Waals surface area (Å²) in [5.74, 6) is 1.12. The topological polar surface area (TPSA) is 68.9 Å². The largest absolute Gasteiger partial charge is 0.411 e. The van der Waals surface area contributed by atoms with Crippen LogP contribution >= 0.6 is 11.8 Å². The van der Waals surface area contributed by atoms with E-state index in [1.165, 1.54) is 11.8 Å². The monoisotopic (exact) mass is 235 g/mol. The Balaban J connectivity index is 2.05. The fraction of sp³-hybridized carbons (Fsp3) is 0.200. The van der Waals surface area contributed by atoms with Crippen molar-refractivity contribution >= 4 is 18.0 Å². The number of nitrogens with zero attached hydrogens (tertiary/aromatic N) is 3. The van der Waals surface area contributed by atoms with Gasteiger partial charge in [0.25, 0.3) is 5.22 Å². The van der Waals surface area contributed by atoms with Crippen LogP contribution in [-0.4, -0.2) is 27.2 Å². The lowest BCUT2D eigenvalue weighted by Crippen LogP contribution is -1.80. The second-order valence-corrected chi connectivity index (χ2v) is 3.96. The quantitative estimate of drug-likeness (QED) is 0.447. The van der Waals surface area contributed by atoms with Crippen LogP contribution < -0.4 is 0 Å². The Bertz CT molecular complexity index is 458. The predicted molar refractivity (Wildman–Crippen MR) is 58.9 cm³/mol. The van der Waals surface area contributed by atoms with Crippen LogP contribution in [-0.2, 0) is 4.79 Å². The first-order chi connectivity index (χ1) is 7.90. The molecule has 0 radical (unpaired) electrons. The highest BCUT2D eigenvalue weighted by Gasteiger charge is 2.07. The molecule has 0 aliphatic rings. The number of carbonyl (C=O) groups is 1. The van der Waals surface area contributed by atoms with Gasteiger partial charge in [0.05, 0.1) is 0 Å². The van der Waals surface area contributed by atoms with E-state index in [9.17, 15) is 4.79 Å². The molecule has 0 amide bonds. The van der Waals surface area contributed by atoms with Gasteiger partial charge in [-0.3, -0.25) is 4.98 Å². The molecule has 5 nitrogen and oxygen atoms in total. The number of hydrogen-bond acceptors (Lipinski definition) is 6. The van der Waals surface area contributed by atoms with Gasteiger partial charge >= 0.3 is 0 Å². The zero-order chi connectivity index (χ0) is 11.2. The fourth-order valence-electron chi connectivity index (χ4n) is 1.07. The molecule has 0 atom stereocenters. The summed E-state index contributed by atoms with van der Waals surface area (Å²) in [6.07, 6.45) is 4.68. The highest BCUT2D eigenvalue weighted by Crippen LogP contribution is 2.22. The van der Waals surface area contributed by atoms with E-state index in [0.717, 1.165) is 11.8 Å². The van der Waals surface area contributed by atoms with Gasteiger partial charge in [-0.15, -0.1) is 10.2 Å². The van der Waals surface area contributed by atoms with Crippen molar-refractivity contribution in [1.29, 1.82) is 0 Å². The lowest BCUT2D eigenvalue weighted by Gasteiger charge is -1.92. The zero-order valence-electron chi connectivity index (χ0n) is 8.37. The standard InChI is InChI=1S/C10H9N3O2S/c14-6-1-7-16-10-13-12-9(15-10)8-2-4-11-5-3-8/h2-6H,1,7H2. The summed E-state index contributed by atoms with van der Waals surface area (Å²) >= 11 is 1.37. The summed E-state index contributed by atoms with van der Waals surface area (Å²) in [6.45, 7) is 0. The van der Waals surface area contributed by atoms with Crippen LogP contribution in [0.15, 0.2) is 34.2 Å². The number of hydrogen-bond donors (Lipinski definition) is 0. The van der Waals surface area contributed by atoms with Crippen molar-refractivity contribution in [3.8, 4) is 11.5 Å². The maximum absolute atomic E-state index is 10.1. The lowest BCUT2D eigenvalue weighted by molar-refractivity contribution is -0.107. The number of pyridine rings is 1. The van der Waals surface area contributed by atoms with Gasteiger partial charge in [0, 0.05) is 30.1 Å². The molecule has 0 aromatic carbocycles. The van der Waals surface area contributed by atoms with Crippen molar-refractivity contribution < 1.29 is 9.21 Å². The van der Waals surface area contributed by atoms with Crippen molar-refractivity contribution in [3.63, 3.8) is 0 Å². The van der Waals surface area contributed by atoms with Gasteiger partial charge in [-0.05, 0) is 12.1 Å². The van der Waals surface area contributed by atoms with Crippen molar-refractivity contribution in [2.75, 3.05) is 5.75 Å². The van der Waals surface area contributed by atoms with Crippen LogP contribution in [0, 0.1) is 0 Å². The maximum Gasteiger partial charge on any atom is 0.276 e. The van der Waals surface area contributed by atoms with E-state index >= 15 is 0 Å². The third-order valence-corrected chi connectivity index (χ3v) is 2.65. The first kappa shape index (κ1) is 10.8. The molecule has 0 aliphatic heterocycles. The molecule has 0 bridgehead atoms. The Morgan fingerprint density at radius 3 is 2.88 bits per heavy atom. The Morgan fingerprint density at radius 2 is 2.12 bits per heavy atom. The first-order valence-corrected chi connectivity index (χ1v) is 5.69. The van der Waals surface area contributed by atoms with E-state index < -0.39 is 0 Å². The Labute approximate surface area is 96.3 Å². The molecule has 0 unspecified atom stereocenters. The Kier molecular flexibility index (Phi) is 3.66. The van der Waals surface area contributed by atoms with Crippen LogP contribution in [0.1, 0.15) is 6.42 Å². The minimum Gasteiger partial charge on any atom is -0.411 e. The summed E-state index contributed by atoms with van der Waals surface area (Å²) in [7, 11) is 0. The summed E-state index contributed by atoms with van der Waals surface area (Å²) < 4.78 is 5.41. The first-order valence-electron chi connectivity index (χ1n) is 4.70. The molecule has 2 aromatic rings. The van der Waals surface area contributed by atoms with Gasteiger partial charge in [-0.2, -0.15) is 0 Å². The molecule has 2 rings (SSSR count). The molecule has 0 N–H and O–H groups in total. The van der Waals surface area contributed by atoms with Gasteiger partial charge < -0.3 is 9.21 Å². The highest BCUT2D eigenvalue weighted by molar-refractivity contribution is 7.99. The van der Waals surface area contributed by atoms with E-state index in [2.05, 4.69) is 15.2 Å². The summed E-state index contributed by atoms with van der Waals surface area (Å²) in [5.41, 5.74) is 0.838. The van der Waals surface area contributed by atoms with Gasteiger partial charge in [0.1, 0.15) is 6.29 Å². The molecule has 2 heterocycles. The van der Waals surface area contributed by atoms with Crippen molar-refractivity contribution in [2.45, 2.75) is 11.6 Å². The number of aldehydes is 1. The maximum atomic E-state index is 10.1. The molecule has 0 aliphatic carbocycles. The molecule has 0 spiro atoms. The van der Waals surface area contributed by atoms with Crippen LogP contribution in [0.5, 0.6) is 0 Å². The number of thioether (sulfide) groups is 1. The van der Waals surface area contributed by atoms with Gasteiger partial charge in [-0.25, -0.2) is 0 Å². The predicted octanol–water partition coefficient (Wildman–Crippen LogP) is 1.81. The van der Waals surface area contributed by atoms with Crippen LogP contribution in [0.25, 0.3) is 11.5 Å². The van der Waals surface area contributed by atoms with Crippen LogP contribution in [0.2, 0.25) is 0 Å². The van der Waals surface area contributed by atoms with E-state index in [1.807, 2.05) is 0 Å². The SMILES string of the molecule is O=CCCSc1nnc(-c2ccncc2)o1. The van der Waals surface area contributed by atoms with Crippen LogP contribution in [0.3, 0.4) is 0 Å². The number of aromatic nitrogens is 3. The minimum atomic E-state index is 0.469. The smallest absolute Gasteiger partial charge is 0.276 e. The molecule has 16 heavy (non-hydrogen) atoms. The summed E-state index contributed by atoms with van der Waals surface area (Å²) in [6, 6.07) is 3.60. The zero-order valence-corrected chi connectivity index (χ0v) is 9.18. The molecule has 0 saturated carbocycles. The summed E-state index contributed by atoms with van der Waals surface area (Å²) in [4.78, 5) is 14.0.